The van der Waals surface area contributed by atoms with Crippen LogP contribution in [-0.2, 0) is 16.2 Å². The lowest BCUT2D eigenvalue weighted by molar-refractivity contribution is -0.137. The second-order valence-electron chi connectivity index (χ2n) is 7.93. The molecule has 1 aliphatic rings. The van der Waals surface area contributed by atoms with E-state index in [1.165, 1.54) is 32.0 Å². The number of aliphatic hydroxyl groups is 1. The zero-order valence-electron chi connectivity index (χ0n) is 17.0. The molecule has 0 aromatic heterocycles. The van der Waals surface area contributed by atoms with Gasteiger partial charge in [-0.1, -0.05) is 6.07 Å². The number of carboxylic acid groups (broad SMARTS) is 1. The molecule has 1 atom stereocenters. The van der Waals surface area contributed by atoms with Gasteiger partial charge in [0.25, 0.3) is 10.0 Å². The minimum atomic E-state index is -4.74. The first-order valence-electron chi connectivity index (χ1n) is 9.40. The van der Waals surface area contributed by atoms with E-state index < -0.39 is 44.5 Å². The predicted molar refractivity (Wildman–Crippen MR) is 109 cm³/mol. The van der Waals surface area contributed by atoms with Crippen LogP contribution in [0.4, 0.5) is 29.3 Å². The highest BCUT2D eigenvalue weighted by Gasteiger charge is 2.38. The molecule has 174 valence electrons. The maximum absolute atomic E-state index is 13.4. The summed E-state index contributed by atoms with van der Waals surface area (Å²) in [5.41, 5.74) is -2.33. The van der Waals surface area contributed by atoms with Crippen molar-refractivity contribution >= 4 is 27.5 Å². The van der Waals surface area contributed by atoms with Gasteiger partial charge >= 0.3 is 12.3 Å². The van der Waals surface area contributed by atoms with Crippen molar-refractivity contribution in [2.24, 2.45) is 0 Å². The van der Waals surface area contributed by atoms with E-state index >= 15 is 0 Å². The van der Waals surface area contributed by atoms with Crippen molar-refractivity contribution in [3.8, 4) is 5.75 Å². The van der Waals surface area contributed by atoms with E-state index in [1.54, 1.807) is 0 Å². The van der Waals surface area contributed by atoms with Gasteiger partial charge in [-0.2, -0.15) is 13.2 Å². The summed E-state index contributed by atoms with van der Waals surface area (Å²) in [6.45, 7) is 2.72. The van der Waals surface area contributed by atoms with Crippen molar-refractivity contribution in [2.45, 2.75) is 43.0 Å². The molecule has 0 fully saturated rings. The molecule has 1 heterocycles. The average molecular weight is 474 g/mol. The van der Waals surface area contributed by atoms with Crippen LogP contribution in [0, 0.1) is 0 Å². The number of ether oxygens (including phenoxy) is 1. The van der Waals surface area contributed by atoms with Crippen LogP contribution in [-0.4, -0.2) is 43.0 Å². The third-order valence-electron chi connectivity index (χ3n) is 4.62. The zero-order valence-corrected chi connectivity index (χ0v) is 17.9. The number of amides is 1. The van der Waals surface area contributed by atoms with Gasteiger partial charge < -0.3 is 14.9 Å². The Hall–Kier alpha value is -2.99. The molecule has 12 heteroatoms. The van der Waals surface area contributed by atoms with Crippen molar-refractivity contribution in [2.75, 3.05) is 16.2 Å². The van der Waals surface area contributed by atoms with Crippen LogP contribution in [0.3, 0.4) is 0 Å². The van der Waals surface area contributed by atoms with E-state index in [2.05, 4.69) is 5.32 Å². The van der Waals surface area contributed by atoms with Gasteiger partial charge in [-0.25, -0.2) is 13.2 Å². The van der Waals surface area contributed by atoms with Crippen molar-refractivity contribution in [3.05, 3.63) is 48.0 Å². The summed E-state index contributed by atoms with van der Waals surface area (Å²) in [5.74, 6) is 0.0805. The molecule has 0 radical (unpaired) electrons. The van der Waals surface area contributed by atoms with E-state index in [9.17, 15) is 31.5 Å². The van der Waals surface area contributed by atoms with Gasteiger partial charge in [0, 0.05) is 12.1 Å². The summed E-state index contributed by atoms with van der Waals surface area (Å²) in [6.07, 6.45) is -6.89. The summed E-state index contributed by atoms with van der Waals surface area (Å²) in [4.78, 5) is 10.4. The second kappa shape index (κ2) is 8.17. The van der Waals surface area contributed by atoms with E-state index in [1.807, 2.05) is 0 Å². The first-order valence-corrected chi connectivity index (χ1v) is 10.8. The molecule has 8 nitrogen and oxygen atoms in total. The van der Waals surface area contributed by atoms with Gasteiger partial charge in [0.15, 0.2) is 0 Å². The quantitative estimate of drug-likeness (QED) is 0.605. The molecular formula is C20H21F3N2O6S. The lowest BCUT2D eigenvalue weighted by atomic mass is 10.00. The highest BCUT2D eigenvalue weighted by atomic mass is 32.2. The molecule has 3 rings (SSSR count). The largest absolute Gasteiger partial charge is 0.486 e. The number of benzene rings is 2. The first-order chi connectivity index (χ1) is 14.7. The first kappa shape index (κ1) is 23.7. The topological polar surface area (TPSA) is 116 Å². The number of hydrogen-bond acceptors (Lipinski definition) is 5. The number of anilines is 2. The van der Waals surface area contributed by atoms with Crippen molar-refractivity contribution in [1.29, 1.82) is 0 Å². The molecule has 1 amide bonds. The van der Waals surface area contributed by atoms with E-state index in [0.29, 0.717) is 6.07 Å². The third kappa shape index (κ3) is 5.25. The van der Waals surface area contributed by atoms with Crippen LogP contribution in [0.25, 0.3) is 0 Å². The average Bonchev–Trinajstić information content (AvgIpc) is 2.65. The summed E-state index contributed by atoms with van der Waals surface area (Å²) in [7, 11) is -4.50. The number of halogens is 3. The Labute approximate surface area is 182 Å². The summed E-state index contributed by atoms with van der Waals surface area (Å²) >= 11 is 0. The summed E-state index contributed by atoms with van der Waals surface area (Å²) in [6, 6.07) is 7.26. The molecule has 0 spiro atoms. The van der Waals surface area contributed by atoms with Crippen molar-refractivity contribution in [1.82, 2.24) is 0 Å². The SMILES string of the molecule is CC(C)(O)CC1CN(S(=O)(=O)c2cccc(C(F)(F)F)c2)c2cc(NC(=O)O)ccc2O1. The lowest BCUT2D eigenvalue weighted by Gasteiger charge is -2.37. The monoisotopic (exact) mass is 474 g/mol. The van der Waals surface area contributed by atoms with Crippen molar-refractivity contribution < 1.29 is 41.3 Å². The Kier molecular flexibility index (Phi) is 6.04. The van der Waals surface area contributed by atoms with E-state index in [4.69, 9.17) is 9.84 Å². The molecule has 1 aliphatic heterocycles. The van der Waals surface area contributed by atoms with Gasteiger partial charge in [-0.15, -0.1) is 0 Å². The van der Waals surface area contributed by atoms with Crippen LogP contribution in [0.15, 0.2) is 47.4 Å². The van der Waals surface area contributed by atoms with Crippen molar-refractivity contribution in [3.63, 3.8) is 0 Å². The summed E-state index contributed by atoms with van der Waals surface area (Å²) < 4.78 is 72.8. The number of alkyl halides is 3. The molecular weight excluding hydrogens is 453 g/mol. The Morgan fingerprint density at radius 1 is 1.22 bits per heavy atom. The minimum Gasteiger partial charge on any atom is -0.486 e. The number of nitrogens with one attached hydrogen (secondary N) is 1. The molecule has 2 aromatic rings. The molecule has 3 N–H and O–H groups in total. The third-order valence-corrected chi connectivity index (χ3v) is 6.39. The highest BCUT2D eigenvalue weighted by Crippen LogP contribution is 2.41. The summed E-state index contributed by atoms with van der Waals surface area (Å²) in [5, 5.41) is 21.2. The van der Waals surface area contributed by atoms with Crippen LogP contribution in [0.2, 0.25) is 0 Å². The predicted octanol–water partition coefficient (Wildman–Crippen LogP) is 3.91. The highest BCUT2D eigenvalue weighted by molar-refractivity contribution is 7.92. The molecule has 2 aromatic carbocycles. The molecule has 0 aliphatic carbocycles. The smallest absolute Gasteiger partial charge is 0.416 e. The fourth-order valence-electron chi connectivity index (χ4n) is 3.36. The fourth-order valence-corrected chi connectivity index (χ4v) is 4.91. The van der Waals surface area contributed by atoms with Crippen LogP contribution in [0.1, 0.15) is 25.8 Å². The normalized spacial score (nSPS) is 16.8. The van der Waals surface area contributed by atoms with Crippen LogP contribution < -0.4 is 14.4 Å². The van der Waals surface area contributed by atoms with Gasteiger partial charge in [0.05, 0.1) is 28.3 Å². The molecule has 0 saturated heterocycles. The van der Waals surface area contributed by atoms with Gasteiger partial charge in [-0.05, 0) is 50.2 Å². The Morgan fingerprint density at radius 2 is 1.91 bits per heavy atom. The Bertz CT molecular complexity index is 1130. The number of fused-ring (bicyclic) bond motifs is 1. The van der Waals surface area contributed by atoms with Crippen LogP contribution >= 0.6 is 0 Å². The maximum Gasteiger partial charge on any atom is 0.416 e. The Morgan fingerprint density at radius 3 is 2.50 bits per heavy atom. The molecule has 32 heavy (non-hydrogen) atoms. The number of hydrogen-bond donors (Lipinski definition) is 3. The zero-order chi connectivity index (χ0) is 23.9. The van der Waals surface area contributed by atoms with Gasteiger partial charge in [-0.3, -0.25) is 9.62 Å². The number of sulfonamides is 1. The fraction of sp³-hybridized carbons (Fsp3) is 0.350. The van der Waals surface area contributed by atoms with Gasteiger partial charge in [0.1, 0.15) is 11.9 Å². The minimum absolute atomic E-state index is 0.0379. The maximum atomic E-state index is 13.4. The second-order valence-corrected chi connectivity index (χ2v) is 9.79. The standard InChI is InChI=1S/C20H21F3N2O6S/c1-19(2,28)10-14-11-25(16-9-13(24-18(26)27)6-7-17(16)31-14)32(29,30)15-5-3-4-12(8-15)20(21,22)23/h3-9,14,24,28H,10-11H2,1-2H3,(H,26,27). The number of rotatable bonds is 5. The molecule has 0 saturated carbocycles. The van der Waals surface area contributed by atoms with E-state index in [0.717, 1.165) is 22.5 Å². The molecule has 0 bridgehead atoms. The number of nitrogens with zero attached hydrogens (tertiary/aromatic N) is 1. The lowest BCUT2D eigenvalue weighted by Crippen LogP contribution is -2.46. The Balaban J connectivity index is 2.11. The van der Waals surface area contributed by atoms with Gasteiger partial charge in [0.2, 0.25) is 0 Å². The molecule has 1 unspecified atom stereocenters. The van der Waals surface area contributed by atoms with Crippen LogP contribution in [0.5, 0.6) is 5.75 Å². The number of carbonyl (C=O) groups is 1. The van der Waals surface area contributed by atoms with E-state index in [-0.39, 0.29) is 30.1 Å².